The number of imide groups is 1. The molecule has 0 unspecified atom stereocenters. The second kappa shape index (κ2) is 11.9. The molecule has 2 rings (SSSR count). The molecule has 1 aromatic rings. The number of benzene rings is 1. The molecule has 9 nitrogen and oxygen atoms in total. The molecule has 0 aliphatic carbocycles. The van der Waals surface area contributed by atoms with Gasteiger partial charge in [-0.2, -0.15) is 0 Å². The number of nitrogens with zero attached hydrogens (tertiary/aromatic N) is 1. The smallest absolute Gasteiger partial charge is 0.344 e. The summed E-state index contributed by atoms with van der Waals surface area (Å²) in [5.74, 6) is -1.10. The molecule has 0 saturated carbocycles. The minimum atomic E-state index is -0.661. The van der Waals surface area contributed by atoms with Crippen molar-refractivity contribution in [2.24, 2.45) is 0 Å². The first kappa shape index (κ1) is 25.7. The molecule has 0 aromatic heterocycles. The van der Waals surface area contributed by atoms with Gasteiger partial charge in [-0.25, -0.2) is 4.79 Å². The standard InChI is InChI=1S/C21H24BrNO8S/c1-5-28-15-7-13(14(22)9-16(15)30-11-19(25)29-6-2)8-17-20(26)23(21(27)32-17)10-18(24)31-12(3)4/h7-9,12H,5-6,10-11H2,1-4H3/b17-8+. The lowest BCUT2D eigenvalue weighted by Crippen LogP contribution is -2.35. The SMILES string of the molecule is CCOC(=O)COc1cc(Br)c(/C=C2/SC(=O)N(CC(=O)OC(C)C)C2=O)cc1OCC. The maximum absolute atomic E-state index is 12.7. The summed E-state index contributed by atoms with van der Waals surface area (Å²) in [6.07, 6.45) is 1.16. The number of amides is 2. The summed E-state index contributed by atoms with van der Waals surface area (Å²) in [7, 11) is 0. The predicted octanol–water partition coefficient (Wildman–Crippen LogP) is 3.78. The third kappa shape index (κ3) is 6.99. The molecule has 1 heterocycles. The van der Waals surface area contributed by atoms with Gasteiger partial charge in [0.1, 0.15) is 6.54 Å². The summed E-state index contributed by atoms with van der Waals surface area (Å²) in [4.78, 5) is 49.3. The minimum Gasteiger partial charge on any atom is -0.490 e. The minimum absolute atomic E-state index is 0.149. The van der Waals surface area contributed by atoms with Gasteiger partial charge >= 0.3 is 11.9 Å². The Bertz CT molecular complexity index is 931. The first-order valence-corrected chi connectivity index (χ1v) is 11.5. The van der Waals surface area contributed by atoms with Gasteiger partial charge in [0.2, 0.25) is 0 Å². The van der Waals surface area contributed by atoms with Crippen LogP contribution in [0, 0.1) is 0 Å². The fourth-order valence-corrected chi connectivity index (χ4v) is 3.85. The molecular weight excluding hydrogens is 506 g/mol. The predicted molar refractivity (Wildman–Crippen MR) is 121 cm³/mol. The molecule has 1 aliphatic rings. The van der Waals surface area contributed by atoms with Crippen LogP contribution in [-0.4, -0.2) is 60.5 Å². The van der Waals surface area contributed by atoms with E-state index in [1.54, 1.807) is 39.8 Å². The van der Waals surface area contributed by atoms with Gasteiger partial charge in [-0.05, 0) is 63.2 Å². The van der Waals surface area contributed by atoms with E-state index in [0.29, 0.717) is 28.1 Å². The zero-order chi connectivity index (χ0) is 23.8. The van der Waals surface area contributed by atoms with Crippen LogP contribution in [0.25, 0.3) is 6.08 Å². The van der Waals surface area contributed by atoms with Gasteiger partial charge in [-0.15, -0.1) is 0 Å². The maximum atomic E-state index is 12.7. The Morgan fingerprint density at radius 3 is 2.41 bits per heavy atom. The van der Waals surface area contributed by atoms with Gasteiger partial charge in [0.25, 0.3) is 11.1 Å². The van der Waals surface area contributed by atoms with E-state index >= 15 is 0 Å². The first-order chi connectivity index (χ1) is 15.2. The number of esters is 2. The van der Waals surface area contributed by atoms with Crippen LogP contribution in [0.2, 0.25) is 0 Å². The molecule has 1 aromatic carbocycles. The van der Waals surface area contributed by atoms with E-state index in [0.717, 1.165) is 16.7 Å². The molecule has 0 spiro atoms. The molecule has 0 atom stereocenters. The number of hydrogen-bond donors (Lipinski definition) is 0. The lowest BCUT2D eigenvalue weighted by molar-refractivity contribution is -0.149. The zero-order valence-electron chi connectivity index (χ0n) is 18.1. The van der Waals surface area contributed by atoms with Gasteiger partial charge in [0, 0.05) is 4.47 Å². The van der Waals surface area contributed by atoms with Crippen LogP contribution in [0.4, 0.5) is 4.79 Å². The van der Waals surface area contributed by atoms with E-state index < -0.39 is 29.6 Å². The van der Waals surface area contributed by atoms with E-state index in [1.807, 2.05) is 0 Å². The lowest BCUT2D eigenvalue weighted by Gasteiger charge is -2.14. The lowest BCUT2D eigenvalue weighted by atomic mass is 10.2. The number of halogens is 1. The third-order valence-corrected chi connectivity index (χ3v) is 5.42. The van der Waals surface area contributed by atoms with Gasteiger partial charge in [0.15, 0.2) is 18.1 Å². The number of thioether (sulfide) groups is 1. The van der Waals surface area contributed by atoms with Crippen molar-refractivity contribution < 1.29 is 38.1 Å². The molecule has 11 heteroatoms. The summed E-state index contributed by atoms with van der Waals surface area (Å²) >= 11 is 4.13. The summed E-state index contributed by atoms with van der Waals surface area (Å²) in [5.41, 5.74) is 0.548. The van der Waals surface area contributed by atoms with E-state index in [9.17, 15) is 19.2 Å². The Kier molecular flexibility index (Phi) is 9.58. The van der Waals surface area contributed by atoms with Gasteiger partial charge in [0.05, 0.1) is 24.2 Å². The van der Waals surface area contributed by atoms with Crippen molar-refractivity contribution in [1.29, 1.82) is 0 Å². The molecular formula is C21H24BrNO8S. The molecule has 174 valence electrons. The molecule has 1 aliphatic heterocycles. The van der Waals surface area contributed by atoms with Crippen molar-refractivity contribution in [3.8, 4) is 11.5 Å². The fourth-order valence-electron chi connectivity index (χ4n) is 2.59. The number of carbonyl (C=O) groups is 4. The Morgan fingerprint density at radius 2 is 1.78 bits per heavy atom. The van der Waals surface area contributed by atoms with Gasteiger partial charge in [-0.1, -0.05) is 15.9 Å². The van der Waals surface area contributed by atoms with Crippen molar-refractivity contribution in [2.45, 2.75) is 33.8 Å². The Morgan fingerprint density at radius 1 is 1.09 bits per heavy atom. The molecule has 32 heavy (non-hydrogen) atoms. The number of carbonyl (C=O) groups excluding carboxylic acids is 4. The number of hydrogen-bond acceptors (Lipinski definition) is 9. The average Bonchev–Trinajstić information content (AvgIpc) is 2.96. The van der Waals surface area contributed by atoms with Crippen LogP contribution < -0.4 is 9.47 Å². The van der Waals surface area contributed by atoms with E-state index in [4.69, 9.17) is 18.9 Å². The molecule has 0 radical (unpaired) electrons. The van der Waals surface area contributed by atoms with Crippen molar-refractivity contribution in [1.82, 2.24) is 4.90 Å². The Labute approximate surface area is 198 Å². The second-order valence-electron chi connectivity index (χ2n) is 6.65. The monoisotopic (exact) mass is 529 g/mol. The van der Waals surface area contributed by atoms with Crippen LogP contribution in [-0.2, 0) is 23.9 Å². The molecule has 2 amide bonds. The van der Waals surface area contributed by atoms with Crippen LogP contribution in [0.5, 0.6) is 11.5 Å². The number of ether oxygens (including phenoxy) is 4. The van der Waals surface area contributed by atoms with Crippen molar-refractivity contribution in [3.63, 3.8) is 0 Å². The highest BCUT2D eigenvalue weighted by Gasteiger charge is 2.37. The van der Waals surface area contributed by atoms with E-state index in [2.05, 4.69) is 15.9 Å². The van der Waals surface area contributed by atoms with Crippen LogP contribution >= 0.6 is 27.7 Å². The summed E-state index contributed by atoms with van der Waals surface area (Å²) in [6, 6.07) is 3.22. The van der Waals surface area contributed by atoms with Crippen LogP contribution in [0.3, 0.4) is 0 Å². The third-order valence-electron chi connectivity index (χ3n) is 3.83. The van der Waals surface area contributed by atoms with Gasteiger partial charge < -0.3 is 18.9 Å². The molecule has 1 fully saturated rings. The Hall–Kier alpha value is -2.53. The molecule has 1 saturated heterocycles. The molecule has 0 N–H and O–H groups in total. The van der Waals surface area contributed by atoms with Gasteiger partial charge in [-0.3, -0.25) is 19.3 Å². The fraction of sp³-hybridized carbons (Fsp3) is 0.429. The van der Waals surface area contributed by atoms with Crippen LogP contribution in [0.1, 0.15) is 33.3 Å². The maximum Gasteiger partial charge on any atom is 0.344 e. The van der Waals surface area contributed by atoms with Crippen molar-refractivity contribution in [2.75, 3.05) is 26.4 Å². The van der Waals surface area contributed by atoms with Crippen LogP contribution in [0.15, 0.2) is 21.5 Å². The zero-order valence-corrected chi connectivity index (χ0v) is 20.5. The van der Waals surface area contributed by atoms with Crippen molar-refractivity contribution >= 4 is 56.9 Å². The largest absolute Gasteiger partial charge is 0.490 e. The average molecular weight is 530 g/mol. The van der Waals surface area contributed by atoms with E-state index in [-0.39, 0.29) is 24.2 Å². The van der Waals surface area contributed by atoms with Crippen molar-refractivity contribution in [3.05, 3.63) is 27.1 Å². The highest BCUT2D eigenvalue weighted by atomic mass is 79.9. The number of rotatable bonds is 10. The second-order valence-corrected chi connectivity index (χ2v) is 8.50. The van der Waals surface area contributed by atoms with E-state index in [1.165, 1.54) is 6.08 Å². The summed E-state index contributed by atoms with van der Waals surface area (Å²) in [6.45, 7) is 6.69. The summed E-state index contributed by atoms with van der Waals surface area (Å²) in [5, 5.41) is -0.558. The highest BCUT2D eigenvalue weighted by molar-refractivity contribution is 9.10. The topological polar surface area (TPSA) is 108 Å². The molecule has 0 bridgehead atoms. The quantitative estimate of drug-likeness (QED) is 0.330. The normalized spacial score (nSPS) is 14.8. The Balaban J connectivity index is 2.24. The summed E-state index contributed by atoms with van der Waals surface area (Å²) < 4.78 is 21.5. The highest BCUT2D eigenvalue weighted by Crippen LogP contribution is 2.38. The first-order valence-electron chi connectivity index (χ1n) is 9.85.